The monoisotopic (exact) mass is 415 g/mol. The molecule has 0 fully saturated rings. The van der Waals surface area contributed by atoms with Crippen molar-refractivity contribution in [3.63, 3.8) is 0 Å². The van der Waals surface area contributed by atoms with Crippen LogP contribution in [0.3, 0.4) is 0 Å². The summed E-state index contributed by atoms with van der Waals surface area (Å²) >= 11 is 0. The number of benzene rings is 3. The van der Waals surface area contributed by atoms with Gasteiger partial charge < -0.3 is 14.7 Å². The van der Waals surface area contributed by atoms with Gasteiger partial charge in [-0.15, -0.1) is 0 Å². The van der Waals surface area contributed by atoms with Crippen molar-refractivity contribution >= 4 is 11.7 Å². The molecule has 0 radical (unpaired) electrons. The average molecular weight is 416 g/mol. The van der Waals surface area contributed by atoms with Gasteiger partial charge in [-0.05, 0) is 66.6 Å². The van der Waals surface area contributed by atoms with Crippen molar-refractivity contribution in [3.8, 4) is 5.75 Å². The smallest absolute Gasteiger partial charge is 0.303 e. The summed E-state index contributed by atoms with van der Waals surface area (Å²) in [5.74, 6) is 0.0182. The maximum atomic E-state index is 10.7. The first kappa shape index (κ1) is 21.0. The van der Waals surface area contributed by atoms with Gasteiger partial charge in [0.2, 0.25) is 0 Å². The van der Waals surface area contributed by atoms with Gasteiger partial charge in [-0.3, -0.25) is 4.79 Å². The number of hydrogen-bond donors (Lipinski definition) is 1. The summed E-state index contributed by atoms with van der Waals surface area (Å²) in [6.07, 6.45) is 3.04. The van der Waals surface area contributed by atoms with Crippen LogP contribution in [-0.2, 0) is 30.8 Å². The third-order valence-electron chi connectivity index (χ3n) is 6.00. The van der Waals surface area contributed by atoms with Gasteiger partial charge in [-0.1, -0.05) is 54.6 Å². The second kappa shape index (κ2) is 9.69. The standard InChI is InChI=1S/C27H29NO3/c1-20-6-14-24-4-2-3-5-26(24)28(20)18-22-7-9-23(10-8-22)19-31-25-15-11-21(12-16-25)13-17-27(29)30/h2-5,7-12,15-16,20H,6,13-14,17-19H2,1H3,(H,29,30). The molecule has 0 aromatic heterocycles. The van der Waals surface area contributed by atoms with E-state index in [4.69, 9.17) is 9.84 Å². The third kappa shape index (κ3) is 5.46. The van der Waals surface area contributed by atoms with Gasteiger partial charge in [-0.2, -0.15) is 0 Å². The lowest BCUT2D eigenvalue weighted by atomic mass is 9.96. The second-order valence-corrected chi connectivity index (χ2v) is 8.29. The van der Waals surface area contributed by atoms with Gasteiger partial charge in [-0.25, -0.2) is 0 Å². The molecule has 0 aliphatic carbocycles. The first-order valence-electron chi connectivity index (χ1n) is 10.9. The normalized spacial score (nSPS) is 15.4. The molecule has 3 aromatic rings. The predicted molar refractivity (Wildman–Crippen MR) is 124 cm³/mol. The van der Waals surface area contributed by atoms with Gasteiger partial charge in [0.1, 0.15) is 12.4 Å². The molecule has 1 atom stereocenters. The van der Waals surface area contributed by atoms with E-state index < -0.39 is 5.97 Å². The molecule has 1 aliphatic heterocycles. The number of para-hydroxylation sites is 1. The Morgan fingerprint density at radius 2 is 1.65 bits per heavy atom. The van der Waals surface area contributed by atoms with E-state index in [2.05, 4.69) is 60.4 Å². The van der Waals surface area contributed by atoms with Crippen molar-refractivity contribution in [2.24, 2.45) is 0 Å². The fourth-order valence-electron chi connectivity index (χ4n) is 4.11. The number of nitrogens with zero attached hydrogens (tertiary/aromatic N) is 1. The molecule has 1 N–H and O–H groups in total. The molecule has 4 heteroatoms. The van der Waals surface area contributed by atoms with E-state index in [9.17, 15) is 4.79 Å². The van der Waals surface area contributed by atoms with Gasteiger partial charge in [0, 0.05) is 24.7 Å². The van der Waals surface area contributed by atoms with E-state index in [1.807, 2.05) is 24.3 Å². The molecule has 4 rings (SSSR count). The summed E-state index contributed by atoms with van der Waals surface area (Å²) in [6, 6.07) is 25.6. The van der Waals surface area contributed by atoms with Crippen molar-refractivity contribution in [1.29, 1.82) is 0 Å². The SMILES string of the molecule is CC1CCc2ccccc2N1Cc1ccc(COc2ccc(CCC(=O)O)cc2)cc1. The number of rotatable bonds is 8. The molecule has 1 unspecified atom stereocenters. The lowest BCUT2D eigenvalue weighted by molar-refractivity contribution is -0.136. The molecule has 0 amide bonds. The maximum Gasteiger partial charge on any atom is 0.303 e. The van der Waals surface area contributed by atoms with Crippen LogP contribution in [0.5, 0.6) is 5.75 Å². The number of carboxylic acid groups (broad SMARTS) is 1. The number of carboxylic acids is 1. The highest BCUT2D eigenvalue weighted by molar-refractivity contribution is 5.67. The minimum absolute atomic E-state index is 0.147. The molecular formula is C27H29NO3. The number of aliphatic carboxylic acids is 1. The van der Waals surface area contributed by atoms with Crippen LogP contribution >= 0.6 is 0 Å². The molecular weight excluding hydrogens is 386 g/mol. The lowest BCUT2D eigenvalue weighted by Crippen LogP contribution is -2.36. The minimum Gasteiger partial charge on any atom is -0.489 e. The van der Waals surface area contributed by atoms with Gasteiger partial charge >= 0.3 is 5.97 Å². The van der Waals surface area contributed by atoms with Crippen LogP contribution in [0.2, 0.25) is 0 Å². The predicted octanol–water partition coefficient (Wildman–Crippen LogP) is 5.62. The van der Waals surface area contributed by atoms with Gasteiger partial charge in [0.05, 0.1) is 0 Å². The first-order chi connectivity index (χ1) is 15.1. The Bertz CT molecular complexity index is 1010. The number of ether oxygens (including phenoxy) is 1. The van der Waals surface area contributed by atoms with E-state index in [-0.39, 0.29) is 6.42 Å². The molecule has 1 aliphatic rings. The highest BCUT2D eigenvalue weighted by Crippen LogP contribution is 2.31. The quantitative estimate of drug-likeness (QED) is 0.518. The fraction of sp³-hybridized carbons (Fsp3) is 0.296. The number of aryl methyl sites for hydroxylation is 2. The molecule has 4 nitrogen and oxygen atoms in total. The van der Waals surface area contributed by atoms with Crippen LogP contribution in [0, 0.1) is 0 Å². The van der Waals surface area contributed by atoms with Crippen LogP contribution < -0.4 is 9.64 Å². The largest absolute Gasteiger partial charge is 0.489 e. The fourth-order valence-corrected chi connectivity index (χ4v) is 4.11. The first-order valence-corrected chi connectivity index (χ1v) is 10.9. The number of fused-ring (bicyclic) bond motifs is 1. The van der Waals surface area contributed by atoms with Crippen LogP contribution in [-0.4, -0.2) is 17.1 Å². The third-order valence-corrected chi connectivity index (χ3v) is 6.00. The highest BCUT2D eigenvalue weighted by Gasteiger charge is 2.22. The lowest BCUT2D eigenvalue weighted by Gasteiger charge is -2.37. The Morgan fingerprint density at radius 1 is 0.968 bits per heavy atom. The molecule has 160 valence electrons. The molecule has 0 bridgehead atoms. The minimum atomic E-state index is -0.775. The summed E-state index contributed by atoms with van der Waals surface area (Å²) in [4.78, 5) is 13.2. The van der Waals surface area contributed by atoms with Crippen LogP contribution in [0.15, 0.2) is 72.8 Å². The molecule has 3 aromatic carbocycles. The average Bonchev–Trinajstić information content (AvgIpc) is 2.80. The zero-order valence-electron chi connectivity index (χ0n) is 18.0. The number of carbonyl (C=O) groups is 1. The Labute approximate surface area is 184 Å². The summed E-state index contributed by atoms with van der Waals surface area (Å²) in [5.41, 5.74) is 6.24. The zero-order valence-corrected chi connectivity index (χ0v) is 18.0. The van der Waals surface area contributed by atoms with E-state index in [0.29, 0.717) is 19.1 Å². The van der Waals surface area contributed by atoms with E-state index in [1.165, 1.54) is 23.2 Å². The van der Waals surface area contributed by atoms with Crippen LogP contribution in [0.1, 0.15) is 42.0 Å². The summed E-state index contributed by atoms with van der Waals surface area (Å²) in [6.45, 7) is 3.74. The van der Waals surface area contributed by atoms with Gasteiger partial charge in [0.25, 0.3) is 0 Å². The maximum absolute atomic E-state index is 10.7. The highest BCUT2D eigenvalue weighted by atomic mass is 16.5. The molecule has 31 heavy (non-hydrogen) atoms. The Kier molecular flexibility index (Phi) is 6.56. The van der Waals surface area contributed by atoms with Crippen LogP contribution in [0.4, 0.5) is 5.69 Å². The van der Waals surface area contributed by atoms with E-state index in [1.54, 1.807) is 0 Å². The van der Waals surface area contributed by atoms with E-state index in [0.717, 1.165) is 29.8 Å². The Balaban J connectivity index is 1.33. The molecule has 0 saturated heterocycles. The van der Waals surface area contributed by atoms with Gasteiger partial charge in [0.15, 0.2) is 0 Å². The van der Waals surface area contributed by atoms with E-state index >= 15 is 0 Å². The number of anilines is 1. The van der Waals surface area contributed by atoms with Crippen molar-refractivity contribution in [2.75, 3.05) is 4.90 Å². The summed E-state index contributed by atoms with van der Waals surface area (Å²) in [7, 11) is 0. The van der Waals surface area contributed by atoms with Crippen molar-refractivity contribution in [2.45, 2.75) is 51.8 Å². The van der Waals surface area contributed by atoms with Crippen molar-refractivity contribution in [3.05, 3.63) is 95.1 Å². The zero-order chi connectivity index (χ0) is 21.6. The molecule has 0 spiro atoms. The van der Waals surface area contributed by atoms with Crippen molar-refractivity contribution in [1.82, 2.24) is 0 Å². The summed E-state index contributed by atoms with van der Waals surface area (Å²) < 4.78 is 5.90. The molecule has 1 heterocycles. The Morgan fingerprint density at radius 3 is 2.39 bits per heavy atom. The van der Waals surface area contributed by atoms with Crippen LogP contribution in [0.25, 0.3) is 0 Å². The topological polar surface area (TPSA) is 49.8 Å². The second-order valence-electron chi connectivity index (χ2n) is 8.29. The molecule has 0 saturated carbocycles. The summed E-state index contributed by atoms with van der Waals surface area (Å²) in [5, 5.41) is 8.78. The number of hydrogen-bond acceptors (Lipinski definition) is 3. The van der Waals surface area contributed by atoms with Crippen molar-refractivity contribution < 1.29 is 14.6 Å². The Hall–Kier alpha value is -3.27.